The molecule has 10 heteroatoms. The summed E-state index contributed by atoms with van der Waals surface area (Å²) in [6.07, 6.45) is 8.03. The first-order valence-corrected chi connectivity index (χ1v) is 10.4. The molecule has 0 bridgehead atoms. The molecular formula is C20H27N5O5. The predicted octanol–water partition coefficient (Wildman–Crippen LogP) is 0.158. The summed E-state index contributed by atoms with van der Waals surface area (Å²) in [6.45, 7) is 0.155. The molecule has 0 spiro atoms. The monoisotopic (exact) mass is 417 g/mol. The topological polar surface area (TPSA) is 108 Å². The molecule has 0 aromatic carbocycles. The standard InChI is InChI=1S/C20H27N5O5/c1-22-18-17(19(28)23(2)20(22)29)24(12-21-18)10-16(27)30-11-15(26)25-9-5-7-13-6-3-4-8-14(13)25/h12-14H,3-11H2,1-2H3/t13-,14+/m0/s1. The molecule has 30 heavy (non-hydrogen) atoms. The van der Waals surface area contributed by atoms with Gasteiger partial charge in [-0.25, -0.2) is 9.78 Å². The van der Waals surface area contributed by atoms with Gasteiger partial charge in [-0.1, -0.05) is 12.8 Å². The molecule has 2 atom stereocenters. The van der Waals surface area contributed by atoms with Crippen LogP contribution < -0.4 is 11.2 Å². The predicted molar refractivity (Wildman–Crippen MR) is 108 cm³/mol. The molecule has 2 aromatic rings. The Balaban J connectivity index is 1.42. The minimum atomic E-state index is -0.629. The molecule has 1 aliphatic carbocycles. The number of carbonyl (C=O) groups excluding carboxylic acids is 2. The minimum absolute atomic E-state index is 0.143. The Hall–Kier alpha value is -2.91. The van der Waals surface area contributed by atoms with Crippen LogP contribution in [-0.4, -0.2) is 54.7 Å². The van der Waals surface area contributed by atoms with Crippen LogP contribution in [0.4, 0.5) is 0 Å². The smallest absolute Gasteiger partial charge is 0.332 e. The molecule has 2 fully saturated rings. The number of amides is 1. The molecule has 2 aromatic heterocycles. The van der Waals surface area contributed by atoms with Crippen molar-refractivity contribution in [3.63, 3.8) is 0 Å². The van der Waals surface area contributed by atoms with E-state index in [4.69, 9.17) is 4.74 Å². The van der Waals surface area contributed by atoms with Crippen molar-refractivity contribution in [3.8, 4) is 0 Å². The van der Waals surface area contributed by atoms with E-state index in [9.17, 15) is 19.2 Å². The third-order valence-corrected chi connectivity index (χ3v) is 6.44. The molecule has 1 aliphatic heterocycles. The van der Waals surface area contributed by atoms with Gasteiger partial charge in [-0.3, -0.25) is 23.5 Å². The van der Waals surface area contributed by atoms with E-state index in [1.807, 2.05) is 4.90 Å². The number of fused-ring (bicyclic) bond motifs is 2. The number of likely N-dealkylation sites (tertiary alicyclic amines) is 1. The summed E-state index contributed by atoms with van der Waals surface area (Å²) in [5, 5.41) is 0. The largest absolute Gasteiger partial charge is 0.454 e. The van der Waals surface area contributed by atoms with Crippen LogP contribution in [0, 0.1) is 5.92 Å². The maximum atomic E-state index is 12.7. The van der Waals surface area contributed by atoms with Crippen LogP contribution in [0.15, 0.2) is 15.9 Å². The number of aryl methyl sites for hydroxylation is 1. The molecule has 162 valence electrons. The second-order valence-corrected chi connectivity index (χ2v) is 8.25. The summed E-state index contributed by atoms with van der Waals surface area (Å²) < 4.78 is 8.79. The van der Waals surface area contributed by atoms with Gasteiger partial charge in [0.05, 0.1) is 6.33 Å². The van der Waals surface area contributed by atoms with E-state index in [0.29, 0.717) is 12.5 Å². The van der Waals surface area contributed by atoms with Gasteiger partial charge in [0.15, 0.2) is 17.8 Å². The molecule has 0 unspecified atom stereocenters. The van der Waals surface area contributed by atoms with Gasteiger partial charge < -0.3 is 14.2 Å². The van der Waals surface area contributed by atoms with Gasteiger partial charge in [-0.15, -0.1) is 0 Å². The van der Waals surface area contributed by atoms with E-state index < -0.39 is 17.2 Å². The van der Waals surface area contributed by atoms with Crippen molar-refractivity contribution in [1.82, 2.24) is 23.6 Å². The fourth-order valence-corrected chi connectivity index (χ4v) is 4.86. The van der Waals surface area contributed by atoms with Gasteiger partial charge in [0.1, 0.15) is 6.54 Å². The van der Waals surface area contributed by atoms with Crippen LogP contribution in [-0.2, 0) is 35.0 Å². The highest BCUT2D eigenvalue weighted by Crippen LogP contribution is 2.35. The number of rotatable bonds is 4. The SMILES string of the molecule is Cn1c(=O)c2c(ncn2CC(=O)OCC(=O)N2CCC[C@@H]3CCCC[C@H]32)n(C)c1=O. The number of ether oxygens (including phenoxy) is 1. The average Bonchev–Trinajstić information content (AvgIpc) is 3.17. The lowest BCUT2D eigenvalue weighted by Crippen LogP contribution is -2.51. The van der Waals surface area contributed by atoms with Gasteiger partial charge in [0.25, 0.3) is 11.5 Å². The van der Waals surface area contributed by atoms with E-state index in [2.05, 4.69) is 4.98 Å². The number of aromatic nitrogens is 4. The third kappa shape index (κ3) is 3.54. The van der Waals surface area contributed by atoms with Gasteiger partial charge in [0.2, 0.25) is 0 Å². The van der Waals surface area contributed by atoms with E-state index in [1.165, 1.54) is 48.8 Å². The zero-order valence-corrected chi connectivity index (χ0v) is 17.4. The Labute approximate surface area is 173 Å². The molecule has 10 nitrogen and oxygen atoms in total. The van der Waals surface area contributed by atoms with E-state index in [0.717, 1.165) is 23.8 Å². The van der Waals surface area contributed by atoms with Crippen LogP contribution >= 0.6 is 0 Å². The molecule has 1 amide bonds. The molecule has 1 saturated heterocycles. The summed E-state index contributed by atoms with van der Waals surface area (Å²) in [5.41, 5.74) is -0.688. The Morgan fingerprint density at radius 2 is 1.83 bits per heavy atom. The molecular weight excluding hydrogens is 390 g/mol. The average molecular weight is 417 g/mol. The normalized spacial score (nSPS) is 21.5. The fourth-order valence-electron chi connectivity index (χ4n) is 4.86. The summed E-state index contributed by atoms with van der Waals surface area (Å²) in [7, 11) is 2.88. The molecule has 1 saturated carbocycles. The summed E-state index contributed by atoms with van der Waals surface area (Å²) in [6, 6.07) is 0.264. The highest BCUT2D eigenvalue weighted by atomic mass is 16.5. The molecule has 4 rings (SSSR count). The second kappa shape index (κ2) is 8.08. The number of hydrogen-bond donors (Lipinski definition) is 0. The number of hydrogen-bond acceptors (Lipinski definition) is 6. The van der Waals surface area contributed by atoms with Crippen molar-refractivity contribution in [2.75, 3.05) is 13.2 Å². The quantitative estimate of drug-likeness (QED) is 0.656. The van der Waals surface area contributed by atoms with Gasteiger partial charge in [0, 0.05) is 26.7 Å². The molecule has 0 radical (unpaired) electrons. The summed E-state index contributed by atoms with van der Waals surface area (Å²) in [5.74, 6) is -0.225. The minimum Gasteiger partial charge on any atom is -0.454 e. The maximum Gasteiger partial charge on any atom is 0.332 e. The van der Waals surface area contributed by atoms with Crippen LogP contribution in [0.25, 0.3) is 11.2 Å². The van der Waals surface area contributed by atoms with E-state index >= 15 is 0 Å². The first-order valence-electron chi connectivity index (χ1n) is 10.4. The second-order valence-electron chi connectivity index (χ2n) is 8.25. The lowest BCUT2D eigenvalue weighted by molar-refractivity contribution is -0.155. The number of piperidine rings is 1. The van der Waals surface area contributed by atoms with Gasteiger partial charge in [-0.2, -0.15) is 0 Å². The first-order chi connectivity index (χ1) is 14.4. The fraction of sp³-hybridized carbons (Fsp3) is 0.650. The highest BCUT2D eigenvalue weighted by Gasteiger charge is 2.35. The van der Waals surface area contributed by atoms with Crippen molar-refractivity contribution in [1.29, 1.82) is 0 Å². The zero-order chi connectivity index (χ0) is 21.4. The van der Waals surface area contributed by atoms with Crippen molar-refractivity contribution >= 4 is 23.0 Å². The van der Waals surface area contributed by atoms with Crippen LogP contribution in [0.5, 0.6) is 0 Å². The Morgan fingerprint density at radius 3 is 2.63 bits per heavy atom. The van der Waals surface area contributed by atoms with Gasteiger partial charge in [-0.05, 0) is 31.6 Å². The van der Waals surface area contributed by atoms with Crippen LogP contribution in [0.2, 0.25) is 0 Å². The van der Waals surface area contributed by atoms with Crippen molar-refractivity contribution in [2.24, 2.45) is 20.0 Å². The lowest BCUT2D eigenvalue weighted by atomic mass is 9.78. The van der Waals surface area contributed by atoms with Gasteiger partial charge >= 0.3 is 11.7 Å². The number of esters is 1. The Bertz CT molecular complexity index is 1100. The third-order valence-electron chi connectivity index (χ3n) is 6.44. The summed E-state index contributed by atoms with van der Waals surface area (Å²) >= 11 is 0. The highest BCUT2D eigenvalue weighted by molar-refractivity contribution is 5.81. The van der Waals surface area contributed by atoms with Crippen LogP contribution in [0.3, 0.4) is 0 Å². The summed E-state index contributed by atoms with van der Waals surface area (Å²) in [4.78, 5) is 55.5. The van der Waals surface area contributed by atoms with E-state index in [1.54, 1.807) is 0 Å². The number of nitrogens with zero attached hydrogens (tertiary/aromatic N) is 5. The Kier molecular flexibility index (Phi) is 5.48. The Morgan fingerprint density at radius 1 is 1.10 bits per heavy atom. The number of imidazole rings is 1. The number of carbonyl (C=O) groups is 2. The molecule has 2 aliphatic rings. The van der Waals surface area contributed by atoms with E-state index in [-0.39, 0.29) is 36.3 Å². The zero-order valence-electron chi connectivity index (χ0n) is 17.4. The lowest BCUT2D eigenvalue weighted by Gasteiger charge is -2.44. The van der Waals surface area contributed by atoms with Crippen LogP contribution in [0.1, 0.15) is 38.5 Å². The van der Waals surface area contributed by atoms with Crippen molar-refractivity contribution in [3.05, 3.63) is 27.2 Å². The first kappa shape index (κ1) is 20.4. The molecule has 0 N–H and O–H groups in total. The van der Waals surface area contributed by atoms with Crippen molar-refractivity contribution < 1.29 is 14.3 Å². The molecule has 3 heterocycles. The van der Waals surface area contributed by atoms with Crippen molar-refractivity contribution in [2.45, 2.75) is 51.1 Å². The maximum absolute atomic E-state index is 12.7.